The standard InChI is InChI=1S/C8H13NO4/c9-8(7(12)13)3-1-2-5(8)4-6(10)11/h5H,1-4,9H2,(H,10,11)(H,12,13)/t5-,8-/m0/s1. The molecule has 0 aromatic rings. The van der Waals surface area contributed by atoms with Crippen molar-refractivity contribution in [3.8, 4) is 0 Å². The SMILES string of the molecule is N[C@@]1(C(=O)O)CCC[C@H]1CC(=O)O. The van der Waals surface area contributed by atoms with Gasteiger partial charge in [0.1, 0.15) is 5.54 Å². The van der Waals surface area contributed by atoms with Gasteiger partial charge in [0.05, 0.1) is 6.42 Å². The van der Waals surface area contributed by atoms with Crippen LogP contribution in [-0.4, -0.2) is 27.7 Å². The molecule has 0 aromatic heterocycles. The second kappa shape index (κ2) is 3.33. The van der Waals surface area contributed by atoms with E-state index < -0.39 is 23.4 Å². The van der Waals surface area contributed by atoms with E-state index >= 15 is 0 Å². The van der Waals surface area contributed by atoms with Gasteiger partial charge in [0, 0.05) is 0 Å². The van der Waals surface area contributed by atoms with Crippen LogP contribution in [-0.2, 0) is 9.59 Å². The number of rotatable bonds is 3. The molecule has 13 heavy (non-hydrogen) atoms. The van der Waals surface area contributed by atoms with Crippen molar-refractivity contribution >= 4 is 11.9 Å². The first-order valence-corrected chi connectivity index (χ1v) is 4.21. The average molecular weight is 187 g/mol. The molecule has 0 aromatic carbocycles. The van der Waals surface area contributed by atoms with Crippen LogP contribution in [0, 0.1) is 5.92 Å². The Bertz CT molecular complexity index is 240. The predicted molar refractivity (Wildman–Crippen MR) is 44.1 cm³/mol. The summed E-state index contributed by atoms with van der Waals surface area (Å²) >= 11 is 0. The van der Waals surface area contributed by atoms with E-state index in [4.69, 9.17) is 15.9 Å². The van der Waals surface area contributed by atoms with Crippen molar-refractivity contribution in [2.75, 3.05) is 0 Å². The van der Waals surface area contributed by atoms with Crippen LogP contribution in [0.3, 0.4) is 0 Å². The zero-order valence-electron chi connectivity index (χ0n) is 7.19. The van der Waals surface area contributed by atoms with Crippen LogP contribution in [0.25, 0.3) is 0 Å². The fourth-order valence-corrected chi connectivity index (χ4v) is 1.88. The van der Waals surface area contributed by atoms with Crippen molar-refractivity contribution in [3.05, 3.63) is 0 Å². The molecular formula is C8H13NO4. The number of carbonyl (C=O) groups is 2. The fraction of sp³-hybridized carbons (Fsp3) is 0.750. The molecule has 0 aliphatic heterocycles. The van der Waals surface area contributed by atoms with Gasteiger partial charge in [-0.25, -0.2) is 0 Å². The Morgan fingerprint density at radius 2 is 2.08 bits per heavy atom. The van der Waals surface area contributed by atoms with Gasteiger partial charge in [-0.05, 0) is 18.8 Å². The van der Waals surface area contributed by atoms with Crippen molar-refractivity contribution < 1.29 is 19.8 Å². The van der Waals surface area contributed by atoms with E-state index in [1.165, 1.54) is 0 Å². The number of carboxylic acids is 2. The Labute approximate surface area is 75.5 Å². The van der Waals surface area contributed by atoms with Crippen molar-refractivity contribution in [2.24, 2.45) is 11.7 Å². The molecule has 0 amide bonds. The summed E-state index contributed by atoms with van der Waals surface area (Å²) in [4.78, 5) is 21.2. The van der Waals surface area contributed by atoms with Gasteiger partial charge in [-0.2, -0.15) is 0 Å². The molecule has 0 saturated heterocycles. The molecule has 1 aliphatic rings. The van der Waals surface area contributed by atoms with Crippen LogP contribution >= 0.6 is 0 Å². The van der Waals surface area contributed by atoms with Gasteiger partial charge in [0.2, 0.25) is 0 Å². The Morgan fingerprint density at radius 3 is 2.54 bits per heavy atom. The monoisotopic (exact) mass is 187 g/mol. The topological polar surface area (TPSA) is 101 Å². The van der Waals surface area contributed by atoms with E-state index in [1.54, 1.807) is 0 Å². The first-order valence-electron chi connectivity index (χ1n) is 4.21. The molecule has 5 nitrogen and oxygen atoms in total. The lowest BCUT2D eigenvalue weighted by Crippen LogP contribution is -2.51. The maximum absolute atomic E-state index is 10.8. The van der Waals surface area contributed by atoms with E-state index in [1.807, 2.05) is 0 Å². The Kier molecular flexibility index (Phi) is 2.56. The van der Waals surface area contributed by atoms with E-state index in [9.17, 15) is 9.59 Å². The maximum Gasteiger partial charge on any atom is 0.323 e. The molecule has 1 fully saturated rings. The highest BCUT2D eigenvalue weighted by Crippen LogP contribution is 2.36. The van der Waals surface area contributed by atoms with Crippen LogP contribution < -0.4 is 5.73 Å². The van der Waals surface area contributed by atoms with Crippen LogP contribution in [0.4, 0.5) is 0 Å². The van der Waals surface area contributed by atoms with Crippen molar-refractivity contribution in [1.82, 2.24) is 0 Å². The minimum Gasteiger partial charge on any atom is -0.481 e. The summed E-state index contributed by atoms with van der Waals surface area (Å²) in [6.45, 7) is 0. The quantitative estimate of drug-likeness (QED) is 0.579. The molecular weight excluding hydrogens is 174 g/mol. The summed E-state index contributed by atoms with van der Waals surface area (Å²) in [5.41, 5.74) is 4.31. The molecule has 1 aliphatic carbocycles. The van der Waals surface area contributed by atoms with Gasteiger partial charge in [0.15, 0.2) is 0 Å². The summed E-state index contributed by atoms with van der Waals surface area (Å²) in [6.07, 6.45) is 1.51. The third kappa shape index (κ3) is 1.80. The van der Waals surface area contributed by atoms with E-state index in [0.717, 1.165) is 0 Å². The Morgan fingerprint density at radius 1 is 1.46 bits per heavy atom. The third-order valence-electron chi connectivity index (χ3n) is 2.69. The van der Waals surface area contributed by atoms with Crippen LogP contribution in [0.2, 0.25) is 0 Å². The van der Waals surface area contributed by atoms with Gasteiger partial charge in [-0.1, -0.05) is 6.42 Å². The largest absolute Gasteiger partial charge is 0.481 e. The van der Waals surface area contributed by atoms with E-state index in [2.05, 4.69) is 0 Å². The summed E-state index contributed by atoms with van der Waals surface area (Å²) < 4.78 is 0. The molecule has 0 bridgehead atoms. The smallest absolute Gasteiger partial charge is 0.323 e. The van der Waals surface area contributed by atoms with Crippen molar-refractivity contribution in [2.45, 2.75) is 31.2 Å². The fourth-order valence-electron chi connectivity index (χ4n) is 1.88. The normalized spacial score (nSPS) is 33.2. The molecule has 4 N–H and O–H groups in total. The zero-order chi connectivity index (χ0) is 10.1. The van der Waals surface area contributed by atoms with Crippen molar-refractivity contribution in [1.29, 1.82) is 0 Å². The molecule has 0 spiro atoms. The minimum atomic E-state index is -1.32. The van der Waals surface area contributed by atoms with Gasteiger partial charge >= 0.3 is 11.9 Å². The number of nitrogens with two attached hydrogens (primary N) is 1. The van der Waals surface area contributed by atoms with Crippen LogP contribution in [0.1, 0.15) is 25.7 Å². The number of carboxylic acid groups (broad SMARTS) is 2. The Hall–Kier alpha value is -1.10. The summed E-state index contributed by atoms with van der Waals surface area (Å²) in [7, 11) is 0. The summed E-state index contributed by atoms with van der Waals surface area (Å²) in [5, 5.41) is 17.4. The lowest BCUT2D eigenvalue weighted by atomic mass is 9.86. The van der Waals surface area contributed by atoms with Gasteiger partial charge in [-0.3, -0.25) is 9.59 Å². The predicted octanol–water partition coefficient (Wildman–Crippen LogP) is 0.0433. The summed E-state index contributed by atoms with van der Waals surface area (Å²) in [6, 6.07) is 0. The van der Waals surface area contributed by atoms with Crippen LogP contribution in [0.5, 0.6) is 0 Å². The average Bonchev–Trinajstić information content (AvgIpc) is 2.33. The van der Waals surface area contributed by atoms with Gasteiger partial charge in [0.25, 0.3) is 0 Å². The Balaban J connectivity index is 2.73. The second-order valence-corrected chi connectivity index (χ2v) is 3.53. The molecule has 2 atom stereocenters. The highest BCUT2D eigenvalue weighted by atomic mass is 16.4. The maximum atomic E-state index is 10.8. The molecule has 74 valence electrons. The lowest BCUT2D eigenvalue weighted by Gasteiger charge is -2.25. The first kappa shape index (κ1) is 9.98. The lowest BCUT2D eigenvalue weighted by molar-refractivity contribution is -0.146. The third-order valence-corrected chi connectivity index (χ3v) is 2.69. The zero-order valence-corrected chi connectivity index (χ0v) is 7.19. The number of aliphatic carboxylic acids is 2. The first-order chi connectivity index (χ1) is 5.97. The van der Waals surface area contributed by atoms with Gasteiger partial charge in [-0.15, -0.1) is 0 Å². The van der Waals surface area contributed by atoms with E-state index in [0.29, 0.717) is 19.3 Å². The second-order valence-electron chi connectivity index (χ2n) is 3.53. The molecule has 5 heteroatoms. The molecule has 0 radical (unpaired) electrons. The highest BCUT2D eigenvalue weighted by Gasteiger charge is 2.46. The molecule has 1 saturated carbocycles. The summed E-state index contributed by atoms with van der Waals surface area (Å²) in [5.74, 6) is -2.50. The number of hydrogen-bond donors (Lipinski definition) is 3. The molecule has 1 rings (SSSR count). The van der Waals surface area contributed by atoms with E-state index in [-0.39, 0.29) is 6.42 Å². The molecule has 0 heterocycles. The molecule has 0 unspecified atom stereocenters. The van der Waals surface area contributed by atoms with Crippen LogP contribution in [0.15, 0.2) is 0 Å². The van der Waals surface area contributed by atoms with Crippen molar-refractivity contribution in [3.63, 3.8) is 0 Å². The highest BCUT2D eigenvalue weighted by molar-refractivity contribution is 5.80. The number of hydrogen-bond acceptors (Lipinski definition) is 3. The minimum absolute atomic E-state index is 0.150. The van der Waals surface area contributed by atoms with Gasteiger partial charge < -0.3 is 15.9 Å².